The first kappa shape index (κ1) is 16.4. The van der Waals surface area contributed by atoms with Gasteiger partial charge in [-0.25, -0.2) is 4.39 Å². The molecule has 2 fully saturated rings. The molecular weight excluding hydrogens is 293 g/mol. The number of likely N-dealkylation sites (tertiary alicyclic amines) is 1. The van der Waals surface area contributed by atoms with Gasteiger partial charge in [0.1, 0.15) is 5.82 Å². The zero-order chi connectivity index (χ0) is 16.4. The van der Waals surface area contributed by atoms with E-state index in [0.29, 0.717) is 11.5 Å². The lowest BCUT2D eigenvalue weighted by Crippen LogP contribution is -2.42. The molecule has 23 heavy (non-hydrogen) atoms. The topological polar surface area (TPSA) is 29.5 Å². The largest absolute Gasteiger partial charge is 0.378 e. The zero-order valence-electron chi connectivity index (χ0n) is 14.0. The molecular formula is C19H26FNO2. The zero-order valence-corrected chi connectivity index (χ0v) is 14.0. The van der Waals surface area contributed by atoms with Crippen molar-refractivity contribution in [3.8, 4) is 0 Å². The van der Waals surface area contributed by atoms with Crippen LogP contribution in [0, 0.1) is 17.7 Å². The number of hydrogen-bond acceptors (Lipinski definition) is 2. The Balaban J connectivity index is 1.49. The second kappa shape index (κ2) is 7.00. The third kappa shape index (κ3) is 3.92. The summed E-state index contributed by atoms with van der Waals surface area (Å²) in [4.78, 5) is 14.5. The maximum Gasteiger partial charge on any atom is 0.226 e. The molecule has 2 unspecified atom stereocenters. The molecule has 4 heteroatoms. The van der Waals surface area contributed by atoms with Crippen molar-refractivity contribution in [3.05, 3.63) is 35.6 Å². The van der Waals surface area contributed by atoms with Crippen molar-refractivity contribution < 1.29 is 13.9 Å². The molecule has 1 aromatic rings. The van der Waals surface area contributed by atoms with Crippen molar-refractivity contribution in [3.63, 3.8) is 0 Å². The lowest BCUT2D eigenvalue weighted by Gasteiger charge is -2.32. The van der Waals surface area contributed by atoms with Gasteiger partial charge in [-0.2, -0.15) is 0 Å². The number of carbonyl (C=O) groups excluding carboxylic acids is 1. The Morgan fingerprint density at radius 3 is 2.65 bits per heavy atom. The number of piperidine rings is 1. The highest BCUT2D eigenvalue weighted by molar-refractivity contribution is 5.83. The third-order valence-electron chi connectivity index (χ3n) is 4.83. The quantitative estimate of drug-likeness (QED) is 0.830. The number of nitrogens with zero attached hydrogens (tertiary/aromatic N) is 1. The summed E-state index contributed by atoms with van der Waals surface area (Å²) in [6.45, 7) is 6.62. The van der Waals surface area contributed by atoms with E-state index in [4.69, 9.17) is 4.74 Å². The average Bonchev–Trinajstić information content (AvgIpc) is 3.33. The summed E-state index contributed by atoms with van der Waals surface area (Å²) in [5.41, 5.74) is 0.695. The smallest absolute Gasteiger partial charge is 0.226 e. The molecule has 0 radical (unpaired) electrons. The van der Waals surface area contributed by atoms with Crippen LogP contribution in [0.15, 0.2) is 24.3 Å². The van der Waals surface area contributed by atoms with Crippen LogP contribution < -0.4 is 0 Å². The van der Waals surface area contributed by atoms with E-state index in [0.717, 1.165) is 39.0 Å². The molecule has 1 saturated heterocycles. The van der Waals surface area contributed by atoms with Gasteiger partial charge in [-0.05, 0) is 42.7 Å². The number of amides is 1. The summed E-state index contributed by atoms with van der Waals surface area (Å²) in [5.74, 6) is 0.593. The molecule has 1 saturated carbocycles. The van der Waals surface area contributed by atoms with Crippen molar-refractivity contribution >= 4 is 5.91 Å². The molecule has 0 bridgehead atoms. The van der Waals surface area contributed by atoms with Crippen molar-refractivity contribution in [2.45, 2.75) is 45.1 Å². The van der Waals surface area contributed by atoms with Crippen LogP contribution in [0.4, 0.5) is 4.39 Å². The number of carbonyl (C=O) groups is 1. The van der Waals surface area contributed by atoms with E-state index < -0.39 is 0 Å². The van der Waals surface area contributed by atoms with Gasteiger partial charge in [-0.3, -0.25) is 4.79 Å². The fraction of sp³-hybridized carbons (Fsp3) is 0.632. The van der Waals surface area contributed by atoms with Gasteiger partial charge < -0.3 is 9.64 Å². The molecule has 0 spiro atoms. The molecule has 1 aliphatic heterocycles. The van der Waals surface area contributed by atoms with Crippen molar-refractivity contribution in [1.82, 2.24) is 4.90 Å². The van der Waals surface area contributed by atoms with Gasteiger partial charge in [0, 0.05) is 25.6 Å². The summed E-state index contributed by atoms with van der Waals surface area (Å²) in [6, 6.07) is 6.82. The number of hydrogen-bond donors (Lipinski definition) is 0. The highest BCUT2D eigenvalue weighted by atomic mass is 19.1. The van der Waals surface area contributed by atoms with Gasteiger partial charge in [0.25, 0.3) is 0 Å². The number of ether oxygens (including phenoxy) is 1. The standard InChI is InChI=1S/C19H26FNO2/c1-13(2)12-23-14-7-9-21(10-8-14)19(22)17-11-16(17)15-5-3-4-6-18(15)20/h3-6,13-14,16-17H,7-12H2,1-2H3. The van der Waals surface area contributed by atoms with E-state index in [1.807, 2.05) is 11.0 Å². The molecule has 2 aliphatic rings. The lowest BCUT2D eigenvalue weighted by atomic mass is 10.1. The van der Waals surface area contributed by atoms with E-state index >= 15 is 0 Å². The molecule has 3 rings (SSSR count). The molecule has 0 N–H and O–H groups in total. The van der Waals surface area contributed by atoms with Crippen LogP contribution in [0.2, 0.25) is 0 Å². The Labute approximate surface area is 137 Å². The average molecular weight is 319 g/mol. The molecule has 2 atom stereocenters. The molecule has 1 amide bonds. The van der Waals surface area contributed by atoms with E-state index in [9.17, 15) is 9.18 Å². The van der Waals surface area contributed by atoms with Crippen LogP contribution >= 0.6 is 0 Å². The maximum atomic E-state index is 13.8. The predicted molar refractivity (Wildman–Crippen MR) is 87.6 cm³/mol. The molecule has 1 aliphatic carbocycles. The molecule has 0 aromatic heterocycles. The first-order valence-corrected chi connectivity index (χ1v) is 8.71. The summed E-state index contributed by atoms with van der Waals surface area (Å²) >= 11 is 0. The molecule has 3 nitrogen and oxygen atoms in total. The second-order valence-corrected chi connectivity index (χ2v) is 7.22. The highest BCUT2D eigenvalue weighted by Gasteiger charge is 2.47. The van der Waals surface area contributed by atoms with Crippen LogP contribution in [-0.4, -0.2) is 36.6 Å². The minimum Gasteiger partial charge on any atom is -0.378 e. The minimum absolute atomic E-state index is 0.0277. The first-order chi connectivity index (χ1) is 11.1. The fourth-order valence-corrected chi connectivity index (χ4v) is 3.39. The van der Waals surface area contributed by atoms with E-state index in [1.165, 1.54) is 6.07 Å². The van der Waals surface area contributed by atoms with Gasteiger partial charge in [0.15, 0.2) is 0 Å². The SMILES string of the molecule is CC(C)COC1CCN(C(=O)C2CC2c2ccccc2F)CC1. The monoisotopic (exact) mass is 319 g/mol. The van der Waals surface area contributed by atoms with Gasteiger partial charge in [0.2, 0.25) is 5.91 Å². The van der Waals surface area contributed by atoms with Crippen molar-refractivity contribution in [2.24, 2.45) is 11.8 Å². The van der Waals surface area contributed by atoms with Gasteiger partial charge >= 0.3 is 0 Å². The number of halogens is 1. The van der Waals surface area contributed by atoms with E-state index in [1.54, 1.807) is 12.1 Å². The summed E-state index contributed by atoms with van der Waals surface area (Å²) < 4.78 is 19.7. The molecule has 1 aromatic carbocycles. The third-order valence-corrected chi connectivity index (χ3v) is 4.83. The Bertz CT molecular complexity index is 552. The van der Waals surface area contributed by atoms with Crippen LogP contribution in [-0.2, 0) is 9.53 Å². The summed E-state index contributed by atoms with van der Waals surface area (Å²) in [7, 11) is 0. The predicted octanol–water partition coefficient (Wildman–Crippen LogP) is 3.59. The van der Waals surface area contributed by atoms with Crippen LogP contribution in [0.1, 0.15) is 44.6 Å². The Kier molecular flexibility index (Phi) is 5.00. The maximum absolute atomic E-state index is 13.8. The second-order valence-electron chi connectivity index (χ2n) is 7.22. The molecule has 1 heterocycles. The van der Waals surface area contributed by atoms with E-state index in [-0.39, 0.29) is 29.7 Å². The molecule has 126 valence electrons. The van der Waals surface area contributed by atoms with Crippen LogP contribution in [0.3, 0.4) is 0 Å². The highest BCUT2D eigenvalue weighted by Crippen LogP contribution is 2.49. The lowest BCUT2D eigenvalue weighted by molar-refractivity contribution is -0.135. The minimum atomic E-state index is -0.186. The van der Waals surface area contributed by atoms with Gasteiger partial charge in [-0.1, -0.05) is 32.0 Å². The summed E-state index contributed by atoms with van der Waals surface area (Å²) in [6.07, 6.45) is 2.89. The first-order valence-electron chi connectivity index (χ1n) is 8.71. The van der Waals surface area contributed by atoms with Crippen molar-refractivity contribution in [1.29, 1.82) is 0 Å². The van der Waals surface area contributed by atoms with Crippen molar-refractivity contribution in [2.75, 3.05) is 19.7 Å². The number of benzene rings is 1. The van der Waals surface area contributed by atoms with Crippen LogP contribution in [0.5, 0.6) is 0 Å². The fourth-order valence-electron chi connectivity index (χ4n) is 3.39. The van der Waals surface area contributed by atoms with Gasteiger partial charge in [-0.15, -0.1) is 0 Å². The normalized spacial score (nSPS) is 25.0. The number of rotatable bonds is 5. The Morgan fingerprint density at radius 1 is 1.30 bits per heavy atom. The van der Waals surface area contributed by atoms with E-state index in [2.05, 4.69) is 13.8 Å². The van der Waals surface area contributed by atoms with Gasteiger partial charge in [0.05, 0.1) is 6.10 Å². The van der Waals surface area contributed by atoms with Crippen LogP contribution in [0.25, 0.3) is 0 Å². The Morgan fingerprint density at radius 2 is 2.00 bits per heavy atom. The summed E-state index contributed by atoms with van der Waals surface area (Å²) in [5, 5.41) is 0. The Hall–Kier alpha value is -1.42.